The molecular formula is C24H20F2N4O3. The van der Waals surface area contributed by atoms with Crippen molar-refractivity contribution in [1.29, 1.82) is 0 Å². The number of halogens is 2. The zero-order valence-electron chi connectivity index (χ0n) is 18.1. The number of hydrogen-bond donors (Lipinski definition) is 1. The fourth-order valence-corrected chi connectivity index (χ4v) is 3.54. The topological polar surface area (TPSA) is 90.0 Å². The van der Waals surface area contributed by atoms with E-state index in [4.69, 9.17) is 4.42 Å². The molecule has 2 heterocycles. The van der Waals surface area contributed by atoms with Gasteiger partial charge in [0.1, 0.15) is 17.2 Å². The van der Waals surface area contributed by atoms with Crippen molar-refractivity contribution in [3.63, 3.8) is 0 Å². The van der Waals surface area contributed by atoms with Gasteiger partial charge in [-0.25, -0.2) is 13.6 Å². The van der Waals surface area contributed by atoms with Gasteiger partial charge < -0.3 is 9.73 Å². The van der Waals surface area contributed by atoms with Gasteiger partial charge in [0, 0.05) is 30.2 Å². The lowest BCUT2D eigenvalue weighted by atomic mass is 9.96. The van der Waals surface area contributed by atoms with E-state index in [2.05, 4.69) is 15.4 Å². The zero-order valence-corrected chi connectivity index (χ0v) is 18.1. The van der Waals surface area contributed by atoms with Crippen molar-refractivity contribution in [2.45, 2.75) is 20.3 Å². The van der Waals surface area contributed by atoms with Crippen LogP contribution in [-0.2, 0) is 13.5 Å². The molecule has 0 unspecified atom stereocenters. The van der Waals surface area contributed by atoms with Crippen molar-refractivity contribution < 1.29 is 18.0 Å². The van der Waals surface area contributed by atoms with Gasteiger partial charge in [-0.3, -0.25) is 9.78 Å². The number of amides is 1. The van der Waals surface area contributed by atoms with Gasteiger partial charge in [0.2, 0.25) is 0 Å². The summed E-state index contributed by atoms with van der Waals surface area (Å²) in [5, 5.41) is 6.61. The van der Waals surface area contributed by atoms with Crippen LogP contribution in [0.3, 0.4) is 0 Å². The number of aromatic nitrogens is 3. The highest BCUT2D eigenvalue weighted by Crippen LogP contribution is 2.31. The van der Waals surface area contributed by atoms with E-state index in [1.165, 1.54) is 13.1 Å². The van der Waals surface area contributed by atoms with Crippen LogP contribution in [0.4, 0.5) is 14.5 Å². The third-order valence-electron chi connectivity index (χ3n) is 5.21. The maximum Gasteiger partial charge on any atom is 0.437 e. The Hall–Kier alpha value is -4.14. The molecule has 0 fully saturated rings. The first-order valence-corrected chi connectivity index (χ1v) is 10.2. The summed E-state index contributed by atoms with van der Waals surface area (Å²) in [6.07, 6.45) is 2.26. The fraction of sp³-hybridized carbons (Fsp3) is 0.167. The summed E-state index contributed by atoms with van der Waals surface area (Å²) in [5.74, 6) is -3.16. The Bertz CT molecular complexity index is 1410. The predicted molar refractivity (Wildman–Crippen MR) is 119 cm³/mol. The second-order valence-electron chi connectivity index (χ2n) is 7.45. The number of nitrogens with one attached hydrogen (secondary N) is 1. The number of hydrogen-bond acceptors (Lipinski definition) is 5. The second-order valence-corrected chi connectivity index (χ2v) is 7.45. The first-order valence-electron chi connectivity index (χ1n) is 10.2. The number of nitrogens with zero attached hydrogens (tertiary/aromatic N) is 3. The molecule has 9 heteroatoms. The fourth-order valence-electron chi connectivity index (χ4n) is 3.54. The largest absolute Gasteiger partial charge is 0.437 e. The Morgan fingerprint density at radius 1 is 1.12 bits per heavy atom. The standard InChI is InChI=1S/C24H20F2N4O3/c1-4-20-17(11-14(12-27-20)23-29-30(3)24(32)33-23)16-9-8-15(10-13(16)2)28-22(31)21-18(25)6-5-7-19(21)26/h5-12H,4H2,1-3H3,(H,28,31). The molecule has 0 bridgehead atoms. The Morgan fingerprint density at radius 2 is 1.85 bits per heavy atom. The van der Waals surface area contributed by atoms with Crippen molar-refractivity contribution in [3.8, 4) is 22.6 Å². The second kappa shape index (κ2) is 8.78. The van der Waals surface area contributed by atoms with E-state index in [1.807, 2.05) is 19.9 Å². The number of pyridine rings is 1. The maximum absolute atomic E-state index is 13.9. The molecule has 1 amide bonds. The van der Waals surface area contributed by atoms with Crippen molar-refractivity contribution in [2.75, 3.05) is 5.32 Å². The number of anilines is 1. The first-order chi connectivity index (χ1) is 15.8. The summed E-state index contributed by atoms with van der Waals surface area (Å²) in [6.45, 7) is 3.82. The molecule has 0 atom stereocenters. The summed E-state index contributed by atoms with van der Waals surface area (Å²) < 4.78 is 34.1. The Labute approximate surface area is 187 Å². The van der Waals surface area contributed by atoms with Crippen LogP contribution in [0.15, 0.2) is 57.9 Å². The molecule has 0 radical (unpaired) electrons. The van der Waals surface area contributed by atoms with Crippen molar-refractivity contribution in [3.05, 3.63) is 87.7 Å². The highest BCUT2D eigenvalue weighted by atomic mass is 19.1. The summed E-state index contributed by atoms with van der Waals surface area (Å²) >= 11 is 0. The Morgan fingerprint density at radius 3 is 2.45 bits per heavy atom. The number of benzene rings is 2. The number of aryl methyl sites for hydroxylation is 3. The van der Waals surface area contributed by atoms with E-state index in [1.54, 1.807) is 24.4 Å². The van der Waals surface area contributed by atoms with Gasteiger partial charge in [0.05, 0.1) is 5.56 Å². The highest BCUT2D eigenvalue weighted by molar-refractivity contribution is 6.04. The van der Waals surface area contributed by atoms with Crippen LogP contribution < -0.4 is 11.1 Å². The molecule has 7 nitrogen and oxygen atoms in total. The molecule has 0 spiro atoms. The monoisotopic (exact) mass is 450 g/mol. The average molecular weight is 450 g/mol. The van der Waals surface area contributed by atoms with Crippen LogP contribution in [-0.4, -0.2) is 20.7 Å². The van der Waals surface area contributed by atoms with E-state index >= 15 is 0 Å². The van der Waals surface area contributed by atoms with Crippen molar-refractivity contribution in [2.24, 2.45) is 7.05 Å². The summed E-state index contributed by atoms with van der Waals surface area (Å²) in [6, 6.07) is 10.2. The van der Waals surface area contributed by atoms with Crippen LogP contribution in [0.2, 0.25) is 0 Å². The van der Waals surface area contributed by atoms with E-state index in [-0.39, 0.29) is 5.89 Å². The molecule has 1 N–H and O–H groups in total. The number of carbonyl (C=O) groups is 1. The van der Waals surface area contributed by atoms with Gasteiger partial charge in [0.25, 0.3) is 11.8 Å². The molecule has 4 rings (SSSR count). The van der Waals surface area contributed by atoms with Gasteiger partial charge in [-0.2, -0.15) is 4.68 Å². The molecule has 2 aromatic carbocycles. The van der Waals surface area contributed by atoms with Gasteiger partial charge in [-0.1, -0.05) is 19.1 Å². The first kappa shape index (κ1) is 22.1. The number of carbonyl (C=O) groups excluding carboxylic acids is 1. The van der Waals surface area contributed by atoms with Crippen LogP contribution in [0.25, 0.3) is 22.6 Å². The van der Waals surface area contributed by atoms with Crippen LogP contribution in [0.5, 0.6) is 0 Å². The third kappa shape index (κ3) is 4.30. The van der Waals surface area contributed by atoms with Crippen molar-refractivity contribution in [1.82, 2.24) is 14.8 Å². The SMILES string of the molecule is CCc1ncc(-c2nn(C)c(=O)o2)cc1-c1ccc(NC(=O)c2c(F)cccc2F)cc1C. The minimum atomic E-state index is -0.933. The van der Waals surface area contributed by atoms with Gasteiger partial charge in [0.15, 0.2) is 0 Å². The minimum Gasteiger partial charge on any atom is -0.388 e. The third-order valence-corrected chi connectivity index (χ3v) is 5.21. The number of rotatable bonds is 5. The van der Waals surface area contributed by atoms with E-state index in [0.29, 0.717) is 17.7 Å². The molecule has 0 aliphatic carbocycles. The van der Waals surface area contributed by atoms with E-state index < -0.39 is 28.9 Å². The van der Waals surface area contributed by atoms with Gasteiger partial charge >= 0.3 is 5.76 Å². The van der Waals surface area contributed by atoms with Gasteiger partial charge in [-0.15, -0.1) is 5.10 Å². The zero-order chi connectivity index (χ0) is 23.7. The van der Waals surface area contributed by atoms with Crippen molar-refractivity contribution >= 4 is 11.6 Å². The Balaban J connectivity index is 1.68. The van der Waals surface area contributed by atoms with E-state index in [0.717, 1.165) is 39.2 Å². The molecule has 0 saturated carbocycles. The van der Waals surface area contributed by atoms with Crippen LogP contribution in [0, 0.1) is 18.6 Å². The molecule has 0 saturated heterocycles. The lowest BCUT2D eigenvalue weighted by molar-refractivity contribution is 0.101. The highest BCUT2D eigenvalue weighted by Gasteiger charge is 2.18. The Kier molecular flexibility index (Phi) is 5.87. The lowest BCUT2D eigenvalue weighted by Gasteiger charge is -2.14. The molecule has 168 valence electrons. The quantitative estimate of drug-likeness (QED) is 0.483. The lowest BCUT2D eigenvalue weighted by Crippen LogP contribution is -2.15. The molecule has 33 heavy (non-hydrogen) atoms. The maximum atomic E-state index is 13.9. The summed E-state index contributed by atoms with van der Waals surface area (Å²) in [4.78, 5) is 28.6. The predicted octanol–water partition coefficient (Wildman–Crippen LogP) is 4.50. The van der Waals surface area contributed by atoms with Crippen LogP contribution >= 0.6 is 0 Å². The molecule has 0 aliphatic heterocycles. The van der Waals surface area contributed by atoms with E-state index in [9.17, 15) is 18.4 Å². The average Bonchev–Trinajstić information content (AvgIpc) is 3.11. The smallest absolute Gasteiger partial charge is 0.388 e. The molecule has 4 aromatic rings. The summed E-state index contributed by atoms with van der Waals surface area (Å²) in [7, 11) is 1.49. The molecule has 0 aliphatic rings. The molecular weight excluding hydrogens is 430 g/mol. The summed E-state index contributed by atoms with van der Waals surface area (Å²) in [5.41, 5.74) is 3.59. The van der Waals surface area contributed by atoms with Crippen LogP contribution in [0.1, 0.15) is 28.5 Å². The minimum absolute atomic E-state index is 0.160. The normalized spacial score (nSPS) is 10.9. The molecule has 2 aromatic heterocycles. The van der Waals surface area contributed by atoms with Gasteiger partial charge in [-0.05, 0) is 54.8 Å².